The molecule has 0 aliphatic heterocycles. The minimum atomic E-state index is -0.985. The summed E-state index contributed by atoms with van der Waals surface area (Å²) in [6, 6.07) is 25.3. The van der Waals surface area contributed by atoms with Crippen molar-refractivity contribution in [2.75, 3.05) is 5.32 Å². The fraction of sp³-hybridized carbons (Fsp3) is 0.0833. The first-order chi connectivity index (χ1) is 14.6. The largest absolute Gasteiger partial charge is 0.478 e. The summed E-state index contributed by atoms with van der Waals surface area (Å²) < 4.78 is 1.94. The number of nitrogens with one attached hydrogen (secondary N) is 1. The summed E-state index contributed by atoms with van der Waals surface area (Å²) in [5.41, 5.74) is 9.88. The van der Waals surface area contributed by atoms with E-state index in [1.807, 2.05) is 83.4 Å². The van der Waals surface area contributed by atoms with Crippen LogP contribution in [0.25, 0.3) is 10.9 Å². The summed E-state index contributed by atoms with van der Waals surface area (Å²) in [4.78, 5) is 16.3. The molecule has 0 atom stereocenters. The molecule has 0 amide bonds. The third-order valence-corrected chi connectivity index (χ3v) is 4.87. The summed E-state index contributed by atoms with van der Waals surface area (Å²) in [6.45, 7) is 1.02. The first-order valence-corrected chi connectivity index (χ1v) is 9.62. The molecular formula is C24H22N4O2. The number of hydrogen-bond acceptors (Lipinski definition) is 2. The number of carboxylic acids is 1. The van der Waals surface area contributed by atoms with Crippen molar-refractivity contribution in [3.63, 3.8) is 0 Å². The highest BCUT2D eigenvalue weighted by Crippen LogP contribution is 2.29. The summed E-state index contributed by atoms with van der Waals surface area (Å²) >= 11 is 0. The van der Waals surface area contributed by atoms with Crippen molar-refractivity contribution in [3.05, 3.63) is 102 Å². The maximum absolute atomic E-state index is 11.9. The van der Waals surface area contributed by atoms with Crippen molar-refractivity contribution in [2.45, 2.75) is 13.1 Å². The first kappa shape index (κ1) is 19.3. The molecule has 1 aromatic heterocycles. The lowest BCUT2D eigenvalue weighted by molar-refractivity contribution is 0.0699. The van der Waals surface area contributed by atoms with Gasteiger partial charge in [0.2, 0.25) is 0 Å². The van der Waals surface area contributed by atoms with E-state index in [-0.39, 0.29) is 11.5 Å². The number of carboxylic acid groups (broad SMARTS) is 1. The SMILES string of the molecule is NC(=NCc1ccccc1)Nc1cccc2c1c(C(=O)O)cn2Cc1ccccc1. The number of aromatic carboxylic acids is 1. The van der Waals surface area contributed by atoms with Crippen LogP contribution < -0.4 is 11.1 Å². The molecule has 0 spiro atoms. The predicted molar refractivity (Wildman–Crippen MR) is 120 cm³/mol. The Morgan fingerprint density at radius 3 is 2.27 bits per heavy atom. The van der Waals surface area contributed by atoms with E-state index in [1.54, 1.807) is 6.20 Å². The van der Waals surface area contributed by atoms with Crippen LogP contribution >= 0.6 is 0 Å². The maximum atomic E-state index is 11.9. The van der Waals surface area contributed by atoms with Gasteiger partial charge in [0, 0.05) is 18.1 Å². The van der Waals surface area contributed by atoms with Crippen molar-refractivity contribution in [3.8, 4) is 0 Å². The molecule has 150 valence electrons. The molecule has 1 heterocycles. The zero-order valence-electron chi connectivity index (χ0n) is 16.3. The van der Waals surface area contributed by atoms with Crippen LogP contribution in [0.2, 0.25) is 0 Å². The maximum Gasteiger partial charge on any atom is 0.337 e. The number of nitrogens with two attached hydrogens (primary N) is 1. The van der Waals surface area contributed by atoms with E-state index in [2.05, 4.69) is 10.3 Å². The fourth-order valence-electron chi connectivity index (χ4n) is 3.47. The van der Waals surface area contributed by atoms with Crippen LogP contribution in [-0.4, -0.2) is 21.6 Å². The number of hydrogen-bond donors (Lipinski definition) is 3. The number of benzene rings is 3. The lowest BCUT2D eigenvalue weighted by Crippen LogP contribution is -2.22. The van der Waals surface area contributed by atoms with Crippen LogP contribution in [0.3, 0.4) is 0 Å². The Hall–Kier alpha value is -4.06. The van der Waals surface area contributed by atoms with Gasteiger partial charge in [-0.1, -0.05) is 66.7 Å². The first-order valence-electron chi connectivity index (χ1n) is 9.62. The van der Waals surface area contributed by atoms with Gasteiger partial charge in [0.05, 0.1) is 23.3 Å². The van der Waals surface area contributed by atoms with Gasteiger partial charge in [0.25, 0.3) is 0 Å². The van der Waals surface area contributed by atoms with Crippen LogP contribution in [0.1, 0.15) is 21.5 Å². The molecule has 30 heavy (non-hydrogen) atoms. The van der Waals surface area contributed by atoms with Crippen molar-refractivity contribution < 1.29 is 9.90 Å². The smallest absolute Gasteiger partial charge is 0.337 e. The normalized spacial score (nSPS) is 11.5. The summed E-state index contributed by atoms with van der Waals surface area (Å²) in [5.74, 6) is -0.751. The van der Waals surface area contributed by atoms with Crippen LogP contribution in [-0.2, 0) is 13.1 Å². The van der Waals surface area contributed by atoms with E-state index in [0.717, 1.165) is 16.6 Å². The topological polar surface area (TPSA) is 92.6 Å². The molecule has 0 fully saturated rings. The zero-order chi connectivity index (χ0) is 20.9. The quantitative estimate of drug-likeness (QED) is 0.333. The molecule has 0 saturated heterocycles. The average molecular weight is 398 g/mol. The van der Waals surface area contributed by atoms with E-state index >= 15 is 0 Å². The monoisotopic (exact) mass is 398 g/mol. The molecule has 0 aliphatic carbocycles. The van der Waals surface area contributed by atoms with Gasteiger partial charge in [-0.05, 0) is 23.3 Å². The van der Waals surface area contributed by atoms with E-state index in [0.29, 0.717) is 24.2 Å². The molecule has 4 rings (SSSR count). The molecular weight excluding hydrogens is 376 g/mol. The van der Waals surface area contributed by atoms with Crippen LogP contribution in [0.5, 0.6) is 0 Å². The second-order valence-corrected chi connectivity index (χ2v) is 6.97. The van der Waals surface area contributed by atoms with Gasteiger partial charge in [-0.2, -0.15) is 0 Å². The molecule has 6 nitrogen and oxygen atoms in total. The number of aliphatic imine (C=N–C) groups is 1. The highest BCUT2D eigenvalue weighted by Gasteiger charge is 2.18. The Labute approximate surface area is 174 Å². The number of carbonyl (C=O) groups is 1. The van der Waals surface area contributed by atoms with Crippen molar-refractivity contribution in [1.29, 1.82) is 0 Å². The third-order valence-electron chi connectivity index (χ3n) is 4.87. The van der Waals surface area contributed by atoms with E-state index in [4.69, 9.17) is 5.73 Å². The minimum Gasteiger partial charge on any atom is -0.478 e. The molecule has 0 bridgehead atoms. The van der Waals surface area contributed by atoms with Crippen LogP contribution in [0, 0.1) is 0 Å². The van der Waals surface area contributed by atoms with Crippen molar-refractivity contribution in [2.24, 2.45) is 10.7 Å². The van der Waals surface area contributed by atoms with Crippen molar-refractivity contribution in [1.82, 2.24) is 4.57 Å². The molecule has 3 aromatic carbocycles. The lowest BCUT2D eigenvalue weighted by atomic mass is 10.1. The summed E-state index contributed by atoms with van der Waals surface area (Å²) in [5, 5.41) is 13.5. The van der Waals surface area contributed by atoms with Crippen LogP contribution in [0.4, 0.5) is 5.69 Å². The molecule has 4 N–H and O–H groups in total. The molecule has 6 heteroatoms. The van der Waals surface area contributed by atoms with Gasteiger partial charge in [-0.15, -0.1) is 0 Å². The average Bonchev–Trinajstić information content (AvgIpc) is 3.14. The van der Waals surface area contributed by atoms with Crippen molar-refractivity contribution >= 4 is 28.5 Å². The molecule has 0 saturated carbocycles. The van der Waals surface area contributed by atoms with E-state index in [1.165, 1.54) is 0 Å². The minimum absolute atomic E-state index is 0.222. The summed E-state index contributed by atoms with van der Waals surface area (Å²) in [7, 11) is 0. The summed E-state index contributed by atoms with van der Waals surface area (Å²) in [6.07, 6.45) is 1.67. The van der Waals surface area contributed by atoms with Gasteiger partial charge in [-0.3, -0.25) is 0 Å². The Balaban J connectivity index is 1.67. The van der Waals surface area contributed by atoms with E-state index in [9.17, 15) is 9.90 Å². The predicted octanol–water partition coefficient (Wildman–Crippen LogP) is 4.31. The number of aromatic nitrogens is 1. The second kappa shape index (κ2) is 8.53. The highest BCUT2D eigenvalue weighted by molar-refractivity contribution is 6.11. The Bertz CT molecular complexity index is 1200. The Kier molecular flexibility index (Phi) is 5.48. The number of guanidine groups is 1. The molecule has 0 unspecified atom stereocenters. The second-order valence-electron chi connectivity index (χ2n) is 6.97. The fourth-order valence-corrected chi connectivity index (χ4v) is 3.47. The lowest BCUT2D eigenvalue weighted by Gasteiger charge is -2.10. The van der Waals surface area contributed by atoms with Gasteiger partial charge < -0.3 is 20.7 Å². The van der Waals surface area contributed by atoms with Gasteiger partial charge in [0.1, 0.15) is 0 Å². The van der Waals surface area contributed by atoms with Crippen LogP contribution in [0.15, 0.2) is 90.1 Å². The number of rotatable bonds is 6. The third kappa shape index (κ3) is 4.17. The standard InChI is InChI=1S/C24H22N4O2/c25-24(26-14-17-8-3-1-4-9-17)27-20-12-7-13-21-22(20)19(23(29)30)16-28(21)15-18-10-5-2-6-11-18/h1-13,16H,14-15H2,(H,29,30)(H3,25,26,27). The van der Waals surface area contributed by atoms with Gasteiger partial charge in [0.15, 0.2) is 5.96 Å². The highest BCUT2D eigenvalue weighted by atomic mass is 16.4. The van der Waals surface area contributed by atoms with E-state index < -0.39 is 5.97 Å². The van der Waals surface area contributed by atoms with Gasteiger partial charge in [-0.25, -0.2) is 9.79 Å². The zero-order valence-corrected chi connectivity index (χ0v) is 16.3. The molecule has 0 aliphatic rings. The number of fused-ring (bicyclic) bond motifs is 1. The Morgan fingerprint density at radius 2 is 1.60 bits per heavy atom. The molecule has 0 radical (unpaired) electrons. The number of nitrogens with zero attached hydrogens (tertiary/aromatic N) is 2. The number of anilines is 1. The van der Waals surface area contributed by atoms with Gasteiger partial charge >= 0.3 is 5.97 Å². The molecule has 4 aromatic rings. The Morgan fingerprint density at radius 1 is 0.933 bits per heavy atom.